The van der Waals surface area contributed by atoms with Crippen molar-refractivity contribution in [3.63, 3.8) is 0 Å². The van der Waals surface area contributed by atoms with Gasteiger partial charge in [-0.05, 0) is 31.2 Å². The van der Waals surface area contributed by atoms with Gasteiger partial charge in [0.1, 0.15) is 0 Å². The minimum absolute atomic E-state index is 0.0300. The van der Waals surface area contributed by atoms with Crippen molar-refractivity contribution in [2.75, 3.05) is 12.3 Å². The zero-order valence-corrected chi connectivity index (χ0v) is 15.7. The van der Waals surface area contributed by atoms with E-state index in [0.29, 0.717) is 11.3 Å². The molecule has 0 saturated heterocycles. The molecule has 0 unspecified atom stereocenters. The van der Waals surface area contributed by atoms with Crippen LogP contribution in [0.3, 0.4) is 0 Å². The number of hydrogen-bond acceptors (Lipinski definition) is 5. The van der Waals surface area contributed by atoms with Crippen LogP contribution in [-0.2, 0) is 4.79 Å². The Kier molecular flexibility index (Phi) is 6.05. The standard InChI is InChI=1S/C20H16N2O2S2/c1-14(23)16-10-8-15(9-11-16)5-4-12-21-19(24)13-25-20-22-17-6-2-3-7-18(17)26-20/h2-3,6-11H,12-13H2,1H3,(H,21,24). The van der Waals surface area contributed by atoms with Crippen LogP contribution in [0.25, 0.3) is 10.2 Å². The molecule has 1 aromatic heterocycles. The summed E-state index contributed by atoms with van der Waals surface area (Å²) in [6.45, 7) is 1.82. The Morgan fingerprint density at radius 1 is 1.15 bits per heavy atom. The van der Waals surface area contributed by atoms with Crippen molar-refractivity contribution >= 4 is 45.0 Å². The predicted molar refractivity (Wildman–Crippen MR) is 107 cm³/mol. The highest BCUT2D eigenvalue weighted by molar-refractivity contribution is 8.01. The molecular weight excluding hydrogens is 364 g/mol. The molecule has 0 saturated carbocycles. The van der Waals surface area contributed by atoms with Gasteiger partial charge in [-0.3, -0.25) is 9.59 Å². The van der Waals surface area contributed by atoms with Crippen molar-refractivity contribution in [3.05, 3.63) is 59.7 Å². The van der Waals surface area contributed by atoms with Crippen LogP contribution in [-0.4, -0.2) is 29.0 Å². The molecule has 1 N–H and O–H groups in total. The zero-order valence-electron chi connectivity index (χ0n) is 14.1. The minimum atomic E-state index is -0.0736. The molecule has 1 amide bonds. The van der Waals surface area contributed by atoms with Crippen molar-refractivity contribution in [1.29, 1.82) is 0 Å². The van der Waals surface area contributed by atoms with E-state index in [1.807, 2.05) is 24.3 Å². The molecule has 3 rings (SSSR count). The number of thioether (sulfide) groups is 1. The Balaban J connectivity index is 1.45. The number of ketones is 1. The number of benzene rings is 2. The summed E-state index contributed by atoms with van der Waals surface area (Å²) < 4.78 is 2.01. The highest BCUT2D eigenvalue weighted by Crippen LogP contribution is 2.28. The van der Waals surface area contributed by atoms with E-state index in [-0.39, 0.29) is 18.2 Å². The number of aromatic nitrogens is 1. The van der Waals surface area contributed by atoms with E-state index >= 15 is 0 Å². The molecular formula is C20H16N2O2S2. The van der Waals surface area contributed by atoms with E-state index in [9.17, 15) is 9.59 Å². The average Bonchev–Trinajstić information content (AvgIpc) is 3.07. The maximum absolute atomic E-state index is 11.9. The van der Waals surface area contributed by atoms with Gasteiger partial charge in [-0.2, -0.15) is 0 Å². The third-order valence-corrected chi connectivity index (χ3v) is 5.68. The van der Waals surface area contributed by atoms with Gasteiger partial charge in [0.15, 0.2) is 10.1 Å². The smallest absolute Gasteiger partial charge is 0.231 e. The Bertz CT molecular complexity index is 965. The van der Waals surface area contributed by atoms with E-state index in [4.69, 9.17) is 0 Å². The second kappa shape index (κ2) is 8.65. The molecule has 0 aliphatic carbocycles. The molecule has 0 bridgehead atoms. The number of nitrogens with zero attached hydrogens (tertiary/aromatic N) is 1. The van der Waals surface area contributed by atoms with Crippen molar-refractivity contribution in [1.82, 2.24) is 10.3 Å². The number of Topliss-reactive ketones (excluding diaryl/α,β-unsaturated/α-hetero) is 1. The molecule has 2 aromatic carbocycles. The van der Waals surface area contributed by atoms with Crippen molar-refractivity contribution in [2.45, 2.75) is 11.3 Å². The largest absolute Gasteiger partial charge is 0.344 e. The third-order valence-electron chi connectivity index (χ3n) is 3.50. The predicted octanol–water partition coefficient (Wildman–Crippen LogP) is 3.76. The summed E-state index contributed by atoms with van der Waals surface area (Å²) in [6, 6.07) is 15.0. The number of para-hydroxylation sites is 1. The van der Waals surface area contributed by atoms with Gasteiger partial charge >= 0.3 is 0 Å². The number of fused-ring (bicyclic) bond motifs is 1. The van der Waals surface area contributed by atoms with Gasteiger partial charge in [-0.25, -0.2) is 4.98 Å². The maximum atomic E-state index is 11.9. The topological polar surface area (TPSA) is 59.1 Å². The Morgan fingerprint density at radius 3 is 2.65 bits per heavy atom. The lowest BCUT2D eigenvalue weighted by atomic mass is 10.1. The van der Waals surface area contributed by atoms with Gasteiger partial charge in [-0.15, -0.1) is 11.3 Å². The third kappa shape index (κ3) is 4.94. The first-order valence-electron chi connectivity index (χ1n) is 7.97. The van der Waals surface area contributed by atoms with Crippen LogP contribution < -0.4 is 5.32 Å². The highest BCUT2D eigenvalue weighted by Gasteiger charge is 2.06. The summed E-state index contributed by atoms with van der Waals surface area (Å²) >= 11 is 3.02. The van der Waals surface area contributed by atoms with Crippen LogP contribution >= 0.6 is 23.1 Å². The first-order chi connectivity index (χ1) is 12.6. The maximum Gasteiger partial charge on any atom is 0.231 e. The second-order valence-corrected chi connectivity index (χ2v) is 7.70. The summed E-state index contributed by atoms with van der Waals surface area (Å²) in [6.07, 6.45) is 0. The lowest BCUT2D eigenvalue weighted by Gasteiger charge is -1.99. The Morgan fingerprint density at radius 2 is 1.92 bits per heavy atom. The fourth-order valence-electron chi connectivity index (χ4n) is 2.17. The number of carbonyl (C=O) groups is 2. The quantitative estimate of drug-likeness (QED) is 0.416. The molecule has 4 nitrogen and oxygen atoms in total. The van der Waals surface area contributed by atoms with E-state index in [2.05, 4.69) is 22.1 Å². The first-order valence-corrected chi connectivity index (χ1v) is 9.77. The van der Waals surface area contributed by atoms with Crippen LogP contribution in [0.5, 0.6) is 0 Å². The fourth-order valence-corrected chi connectivity index (χ4v) is 4.07. The number of amides is 1. The van der Waals surface area contributed by atoms with Gasteiger partial charge in [0, 0.05) is 11.1 Å². The van der Waals surface area contributed by atoms with Crippen LogP contribution in [0, 0.1) is 11.8 Å². The summed E-state index contributed by atoms with van der Waals surface area (Å²) in [5.41, 5.74) is 2.44. The second-order valence-electron chi connectivity index (χ2n) is 5.45. The summed E-state index contributed by atoms with van der Waals surface area (Å²) in [4.78, 5) is 27.6. The lowest BCUT2D eigenvalue weighted by molar-refractivity contribution is -0.118. The van der Waals surface area contributed by atoms with Crippen LogP contribution in [0.2, 0.25) is 0 Å². The molecule has 130 valence electrons. The summed E-state index contributed by atoms with van der Waals surface area (Å²) in [5.74, 6) is 6.15. The van der Waals surface area contributed by atoms with E-state index in [1.54, 1.807) is 35.6 Å². The molecule has 0 radical (unpaired) electrons. The molecule has 26 heavy (non-hydrogen) atoms. The highest BCUT2D eigenvalue weighted by atomic mass is 32.2. The van der Waals surface area contributed by atoms with Crippen LogP contribution in [0.15, 0.2) is 52.9 Å². The minimum Gasteiger partial charge on any atom is -0.344 e. The van der Waals surface area contributed by atoms with Crippen LogP contribution in [0.1, 0.15) is 22.8 Å². The Hall–Kier alpha value is -2.62. The monoisotopic (exact) mass is 380 g/mol. The van der Waals surface area contributed by atoms with Gasteiger partial charge in [0.05, 0.1) is 22.5 Å². The van der Waals surface area contributed by atoms with Crippen molar-refractivity contribution < 1.29 is 9.59 Å². The molecule has 0 aliphatic heterocycles. The number of hydrogen-bond donors (Lipinski definition) is 1. The van der Waals surface area contributed by atoms with E-state index in [1.165, 1.54) is 18.7 Å². The molecule has 0 atom stereocenters. The Labute approximate surface area is 160 Å². The molecule has 3 aromatic rings. The summed E-state index contributed by atoms with van der Waals surface area (Å²) in [5, 5.41) is 2.78. The van der Waals surface area contributed by atoms with Gasteiger partial charge < -0.3 is 5.32 Å². The van der Waals surface area contributed by atoms with Crippen molar-refractivity contribution in [3.8, 4) is 11.8 Å². The molecule has 6 heteroatoms. The number of carbonyl (C=O) groups excluding carboxylic acids is 2. The fraction of sp³-hybridized carbons (Fsp3) is 0.150. The van der Waals surface area contributed by atoms with Gasteiger partial charge in [0.25, 0.3) is 0 Å². The SMILES string of the molecule is CC(=O)c1ccc(C#CCNC(=O)CSc2nc3ccccc3s2)cc1. The van der Waals surface area contributed by atoms with E-state index < -0.39 is 0 Å². The van der Waals surface area contributed by atoms with E-state index in [0.717, 1.165) is 20.1 Å². The number of thiazole rings is 1. The molecule has 0 fully saturated rings. The van der Waals surface area contributed by atoms with Gasteiger partial charge in [0.2, 0.25) is 5.91 Å². The van der Waals surface area contributed by atoms with Crippen LogP contribution in [0.4, 0.5) is 0 Å². The first kappa shape index (κ1) is 18.2. The number of nitrogens with one attached hydrogen (secondary N) is 1. The molecule has 0 spiro atoms. The zero-order chi connectivity index (χ0) is 18.4. The average molecular weight is 380 g/mol. The molecule has 1 heterocycles. The normalized spacial score (nSPS) is 10.2. The number of rotatable bonds is 5. The molecule has 0 aliphatic rings. The lowest BCUT2D eigenvalue weighted by Crippen LogP contribution is -2.25. The van der Waals surface area contributed by atoms with Gasteiger partial charge in [-0.1, -0.05) is 47.9 Å². The van der Waals surface area contributed by atoms with Crippen molar-refractivity contribution in [2.24, 2.45) is 0 Å². The summed E-state index contributed by atoms with van der Waals surface area (Å²) in [7, 11) is 0.